The van der Waals surface area contributed by atoms with Crippen LogP contribution in [0.4, 0.5) is 8.78 Å². The summed E-state index contributed by atoms with van der Waals surface area (Å²) in [6.45, 7) is 0. The smallest absolute Gasteiger partial charge is 0.208 e. The molecule has 1 aromatic carbocycles. The molecule has 0 heterocycles. The maximum Gasteiger partial charge on any atom is 0.243 e. The molecule has 1 saturated carbocycles. The fraction of sp³-hybridized carbons (Fsp3) is 0.500. The number of hydrogen-bond acceptors (Lipinski definition) is 2. The molecule has 6 heteroatoms. The van der Waals surface area contributed by atoms with Gasteiger partial charge >= 0.3 is 0 Å². The Morgan fingerprint density at radius 3 is 2.39 bits per heavy atom. The van der Waals surface area contributed by atoms with E-state index in [0.717, 1.165) is 44.2 Å². The first-order valence-electron chi connectivity index (χ1n) is 5.96. The minimum Gasteiger partial charge on any atom is -0.208 e. The molecule has 0 aromatic heterocycles. The molecule has 0 amide bonds. The molecule has 0 bridgehead atoms. The zero-order valence-corrected chi connectivity index (χ0v) is 10.6. The molecule has 1 aliphatic rings. The Bertz CT molecular complexity index is 525. The first-order chi connectivity index (χ1) is 8.49. The van der Waals surface area contributed by atoms with E-state index in [1.54, 1.807) is 0 Å². The molecule has 0 atom stereocenters. The van der Waals surface area contributed by atoms with E-state index in [9.17, 15) is 17.2 Å². The van der Waals surface area contributed by atoms with Crippen LogP contribution in [0.2, 0.25) is 0 Å². The summed E-state index contributed by atoms with van der Waals surface area (Å²) >= 11 is 0. The molecule has 18 heavy (non-hydrogen) atoms. The van der Waals surface area contributed by atoms with Gasteiger partial charge in [0.15, 0.2) is 0 Å². The van der Waals surface area contributed by atoms with Crippen molar-refractivity contribution in [1.82, 2.24) is 4.72 Å². The number of benzene rings is 1. The molecule has 0 saturated heterocycles. The molecule has 0 unspecified atom stereocenters. The lowest BCUT2D eigenvalue weighted by Crippen LogP contribution is -2.36. The molecular formula is C12H15F2NO2S. The first-order valence-corrected chi connectivity index (χ1v) is 7.45. The second-order valence-corrected chi connectivity index (χ2v) is 6.21. The summed E-state index contributed by atoms with van der Waals surface area (Å²) in [5.41, 5.74) is 0. The maximum absolute atomic E-state index is 13.4. The maximum atomic E-state index is 13.4. The highest BCUT2D eigenvalue weighted by Gasteiger charge is 2.24. The SMILES string of the molecule is O=S(=O)(NC1CCCCC1)c1ccc(F)cc1F. The van der Waals surface area contributed by atoms with Gasteiger partial charge in [-0.2, -0.15) is 0 Å². The second-order valence-electron chi connectivity index (χ2n) is 4.53. The number of nitrogens with one attached hydrogen (secondary N) is 1. The van der Waals surface area contributed by atoms with Crippen molar-refractivity contribution in [3.05, 3.63) is 29.8 Å². The Morgan fingerprint density at radius 2 is 1.78 bits per heavy atom. The molecule has 1 N–H and O–H groups in total. The first kappa shape index (κ1) is 13.4. The number of sulfonamides is 1. The summed E-state index contributed by atoms with van der Waals surface area (Å²) in [5.74, 6) is -1.84. The van der Waals surface area contributed by atoms with Gasteiger partial charge in [0.05, 0.1) is 0 Å². The van der Waals surface area contributed by atoms with Gasteiger partial charge < -0.3 is 0 Å². The predicted molar refractivity (Wildman–Crippen MR) is 63.6 cm³/mol. The highest BCUT2D eigenvalue weighted by molar-refractivity contribution is 7.89. The van der Waals surface area contributed by atoms with Crippen molar-refractivity contribution < 1.29 is 17.2 Å². The van der Waals surface area contributed by atoms with Crippen molar-refractivity contribution in [2.75, 3.05) is 0 Å². The predicted octanol–water partition coefficient (Wildman–Crippen LogP) is 2.58. The van der Waals surface area contributed by atoms with Crippen molar-refractivity contribution in [3.8, 4) is 0 Å². The van der Waals surface area contributed by atoms with Gasteiger partial charge in [-0.05, 0) is 25.0 Å². The van der Waals surface area contributed by atoms with Gasteiger partial charge in [0.1, 0.15) is 16.5 Å². The number of rotatable bonds is 3. The van der Waals surface area contributed by atoms with Gasteiger partial charge in [-0.1, -0.05) is 19.3 Å². The lowest BCUT2D eigenvalue weighted by Gasteiger charge is -2.22. The molecule has 100 valence electrons. The van der Waals surface area contributed by atoms with Gasteiger partial charge in [-0.15, -0.1) is 0 Å². The van der Waals surface area contributed by atoms with E-state index in [2.05, 4.69) is 4.72 Å². The van der Waals surface area contributed by atoms with E-state index < -0.39 is 26.6 Å². The van der Waals surface area contributed by atoms with Gasteiger partial charge in [0.2, 0.25) is 10.0 Å². The topological polar surface area (TPSA) is 46.2 Å². The van der Waals surface area contributed by atoms with Gasteiger partial charge in [0, 0.05) is 12.1 Å². The zero-order valence-electron chi connectivity index (χ0n) is 9.83. The summed E-state index contributed by atoms with van der Waals surface area (Å²) in [7, 11) is -3.90. The van der Waals surface area contributed by atoms with Crippen LogP contribution in [-0.4, -0.2) is 14.5 Å². The zero-order chi connectivity index (χ0) is 13.2. The van der Waals surface area contributed by atoms with Gasteiger partial charge in [-0.3, -0.25) is 0 Å². The van der Waals surface area contributed by atoms with Crippen LogP contribution in [0.3, 0.4) is 0 Å². The number of halogens is 2. The second kappa shape index (κ2) is 5.32. The molecule has 1 fully saturated rings. The minimum atomic E-state index is -3.90. The molecule has 2 rings (SSSR count). The Balaban J connectivity index is 2.19. The minimum absolute atomic E-state index is 0.145. The van der Waals surface area contributed by atoms with Crippen molar-refractivity contribution in [2.24, 2.45) is 0 Å². The van der Waals surface area contributed by atoms with Crippen LogP contribution in [0.1, 0.15) is 32.1 Å². The van der Waals surface area contributed by atoms with E-state index in [1.807, 2.05) is 0 Å². The third kappa shape index (κ3) is 3.05. The van der Waals surface area contributed by atoms with E-state index >= 15 is 0 Å². The van der Waals surface area contributed by atoms with Gasteiger partial charge in [-0.25, -0.2) is 21.9 Å². The molecular weight excluding hydrogens is 260 g/mol. The Morgan fingerprint density at radius 1 is 1.11 bits per heavy atom. The van der Waals surface area contributed by atoms with E-state index in [-0.39, 0.29) is 6.04 Å². The Labute approximate surface area is 105 Å². The molecule has 0 radical (unpaired) electrons. The third-order valence-electron chi connectivity index (χ3n) is 3.11. The fourth-order valence-corrected chi connectivity index (χ4v) is 3.56. The van der Waals surface area contributed by atoms with Crippen LogP contribution in [0, 0.1) is 11.6 Å². The Kier molecular flexibility index (Phi) is 3.97. The normalized spacial score (nSPS) is 17.9. The fourth-order valence-electron chi connectivity index (χ4n) is 2.20. The van der Waals surface area contributed by atoms with Crippen LogP contribution >= 0.6 is 0 Å². The van der Waals surface area contributed by atoms with E-state index in [1.165, 1.54) is 0 Å². The molecule has 1 aliphatic carbocycles. The monoisotopic (exact) mass is 275 g/mol. The average Bonchev–Trinajstić information content (AvgIpc) is 2.29. The summed E-state index contributed by atoms with van der Waals surface area (Å²) < 4.78 is 52.6. The molecule has 3 nitrogen and oxygen atoms in total. The lowest BCUT2D eigenvalue weighted by atomic mass is 9.96. The molecule has 0 aliphatic heterocycles. The third-order valence-corrected chi connectivity index (χ3v) is 4.66. The highest BCUT2D eigenvalue weighted by Crippen LogP contribution is 2.21. The van der Waals surface area contributed by atoms with Crippen LogP contribution < -0.4 is 4.72 Å². The highest BCUT2D eigenvalue weighted by atomic mass is 32.2. The number of hydrogen-bond donors (Lipinski definition) is 1. The van der Waals surface area contributed by atoms with E-state index in [4.69, 9.17) is 0 Å². The van der Waals surface area contributed by atoms with Crippen molar-refractivity contribution in [3.63, 3.8) is 0 Å². The van der Waals surface area contributed by atoms with Gasteiger partial charge in [0.25, 0.3) is 0 Å². The lowest BCUT2D eigenvalue weighted by molar-refractivity contribution is 0.411. The summed E-state index contributed by atoms with van der Waals surface area (Å²) in [4.78, 5) is -0.491. The largest absolute Gasteiger partial charge is 0.243 e. The standard InChI is InChI=1S/C12H15F2NO2S/c13-9-6-7-12(11(14)8-9)18(16,17)15-10-4-2-1-3-5-10/h6-8,10,15H,1-5H2. The molecule has 1 aromatic rings. The van der Waals surface area contributed by atoms with Crippen LogP contribution in [0.15, 0.2) is 23.1 Å². The van der Waals surface area contributed by atoms with Crippen molar-refractivity contribution in [2.45, 2.75) is 43.0 Å². The van der Waals surface area contributed by atoms with E-state index in [0.29, 0.717) is 6.07 Å². The van der Waals surface area contributed by atoms with Crippen molar-refractivity contribution in [1.29, 1.82) is 0 Å². The van der Waals surface area contributed by atoms with Crippen molar-refractivity contribution >= 4 is 10.0 Å². The average molecular weight is 275 g/mol. The summed E-state index contributed by atoms with van der Waals surface area (Å²) in [6, 6.07) is 2.33. The van der Waals surface area contributed by atoms with Crippen LogP contribution in [-0.2, 0) is 10.0 Å². The Hall–Kier alpha value is -1.01. The van der Waals surface area contributed by atoms with Crippen LogP contribution in [0.25, 0.3) is 0 Å². The quantitative estimate of drug-likeness (QED) is 0.921. The molecule has 0 spiro atoms. The summed E-state index contributed by atoms with van der Waals surface area (Å²) in [5, 5.41) is 0. The summed E-state index contributed by atoms with van der Waals surface area (Å²) in [6.07, 6.45) is 4.57. The van der Waals surface area contributed by atoms with Crippen LogP contribution in [0.5, 0.6) is 0 Å².